The van der Waals surface area contributed by atoms with Gasteiger partial charge in [-0.05, 0) is 47.7 Å². The highest BCUT2D eigenvalue weighted by atomic mass is 16.6. The van der Waals surface area contributed by atoms with Crippen LogP contribution < -0.4 is 19.5 Å². The summed E-state index contributed by atoms with van der Waals surface area (Å²) in [5.41, 5.74) is 3.69. The normalized spacial score (nSPS) is 21.5. The maximum absolute atomic E-state index is 13.5. The maximum Gasteiger partial charge on any atom is 0.226 e. The first kappa shape index (κ1) is 18.9. The lowest BCUT2D eigenvalue weighted by Gasteiger charge is -2.35. The molecule has 1 aromatic heterocycles. The van der Waals surface area contributed by atoms with Crippen molar-refractivity contribution in [1.29, 1.82) is 0 Å². The molecule has 1 aliphatic carbocycles. The van der Waals surface area contributed by atoms with Crippen LogP contribution in [0.3, 0.4) is 0 Å². The number of hydrogen-bond donors (Lipinski definition) is 1. The quantitative estimate of drug-likeness (QED) is 0.681. The first-order valence-electron chi connectivity index (χ1n) is 10.7. The number of ketones is 1. The molecule has 2 aliphatic heterocycles. The average molecular weight is 430 g/mol. The lowest BCUT2D eigenvalue weighted by molar-refractivity contribution is -0.116. The number of fused-ring (bicyclic) bond motifs is 2. The molecule has 2 atom stereocenters. The molecule has 3 aromatic rings. The highest BCUT2D eigenvalue weighted by molar-refractivity contribution is 6.00. The minimum absolute atomic E-state index is 0.0926. The van der Waals surface area contributed by atoms with Gasteiger partial charge >= 0.3 is 0 Å². The number of aromatic nitrogens is 3. The topological polar surface area (TPSA) is 87.5 Å². The Kier molecular flexibility index (Phi) is 4.38. The van der Waals surface area contributed by atoms with Crippen LogP contribution in [-0.2, 0) is 4.79 Å². The van der Waals surface area contributed by atoms with Crippen LogP contribution >= 0.6 is 0 Å². The summed E-state index contributed by atoms with van der Waals surface area (Å²) in [4.78, 5) is 17.9. The van der Waals surface area contributed by atoms with E-state index in [0.29, 0.717) is 31.3 Å². The average Bonchev–Trinajstić information content (AvgIpc) is 3.30. The summed E-state index contributed by atoms with van der Waals surface area (Å²) in [5.74, 6) is 3.05. The van der Waals surface area contributed by atoms with Gasteiger partial charge in [0.25, 0.3) is 0 Å². The van der Waals surface area contributed by atoms with Gasteiger partial charge in [0.05, 0.1) is 7.11 Å². The summed E-state index contributed by atoms with van der Waals surface area (Å²) in [7, 11) is 1.65. The number of carbonyl (C=O) groups is 1. The molecule has 0 spiro atoms. The second kappa shape index (κ2) is 7.40. The molecule has 0 radical (unpaired) electrons. The van der Waals surface area contributed by atoms with Gasteiger partial charge < -0.3 is 19.5 Å². The zero-order valence-corrected chi connectivity index (χ0v) is 17.6. The number of allylic oxidation sites excluding steroid dienone is 2. The SMILES string of the molecule is COc1ccc(C2CC(=O)C3=C(C2)Nc2ncnn2C3c2ccc3c(c2)OCCO3)cc1. The first-order chi connectivity index (χ1) is 15.7. The maximum atomic E-state index is 13.5. The van der Waals surface area contributed by atoms with Crippen LogP contribution in [0.5, 0.6) is 17.2 Å². The van der Waals surface area contributed by atoms with Gasteiger partial charge in [-0.3, -0.25) is 4.79 Å². The molecule has 0 saturated heterocycles. The number of ether oxygens (including phenoxy) is 3. The summed E-state index contributed by atoms with van der Waals surface area (Å²) in [5, 5.41) is 7.78. The van der Waals surface area contributed by atoms with Crippen molar-refractivity contribution in [1.82, 2.24) is 14.8 Å². The second-order valence-corrected chi connectivity index (χ2v) is 8.15. The molecular weight excluding hydrogens is 408 g/mol. The fraction of sp³-hybridized carbons (Fsp3) is 0.292. The van der Waals surface area contributed by atoms with Gasteiger partial charge in [-0.2, -0.15) is 10.1 Å². The van der Waals surface area contributed by atoms with E-state index in [0.717, 1.165) is 40.3 Å². The number of Topliss-reactive ketones (excluding diaryl/α,β-unsaturated/α-hetero) is 1. The highest BCUT2D eigenvalue weighted by Crippen LogP contribution is 2.45. The summed E-state index contributed by atoms with van der Waals surface area (Å²) < 4.78 is 18.5. The Balaban J connectivity index is 1.40. The van der Waals surface area contributed by atoms with Crippen molar-refractivity contribution >= 4 is 11.7 Å². The molecule has 8 heteroatoms. The summed E-state index contributed by atoms with van der Waals surface area (Å²) >= 11 is 0. The summed E-state index contributed by atoms with van der Waals surface area (Å²) in [6.45, 7) is 1.04. The predicted octanol–water partition coefficient (Wildman–Crippen LogP) is 3.47. The molecule has 8 nitrogen and oxygen atoms in total. The molecule has 3 aliphatic rings. The monoisotopic (exact) mass is 430 g/mol. The van der Waals surface area contributed by atoms with Crippen molar-refractivity contribution in [3.8, 4) is 17.2 Å². The molecule has 2 aromatic carbocycles. The van der Waals surface area contributed by atoms with Crippen molar-refractivity contribution in [2.24, 2.45) is 0 Å². The number of nitrogens with zero attached hydrogens (tertiary/aromatic N) is 3. The van der Waals surface area contributed by atoms with E-state index in [1.807, 2.05) is 42.5 Å². The van der Waals surface area contributed by atoms with Crippen molar-refractivity contribution in [3.05, 3.63) is 71.2 Å². The molecule has 2 unspecified atom stereocenters. The van der Waals surface area contributed by atoms with E-state index >= 15 is 0 Å². The Bertz CT molecular complexity index is 1230. The fourth-order valence-corrected chi connectivity index (χ4v) is 4.80. The molecule has 0 fully saturated rings. The van der Waals surface area contributed by atoms with E-state index in [1.54, 1.807) is 11.8 Å². The molecular formula is C24H22N4O4. The number of benzene rings is 2. The Morgan fingerprint density at radius 2 is 1.81 bits per heavy atom. The Labute approximate surface area is 184 Å². The van der Waals surface area contributed by atoms with Crippen LogP contribution in [0, 0.1) is 0 Å². The minimum Gasteiger partial charge on any atom is -0.497 e. The molecule has 1 N–H and O–H groups in total. The lowest BCUT2D eigenvalue weighted by atomic mass is 9.78. The van der Waals surface area contributed by atoms with Crippen molar-refractivity contribution in [2.45, 2.75) is 24.8 Å². The molecule has 3 heterocycles. The van der Waals surface area contributed by atoms with E-state index in [2.05, 4.69) is 15.4 Å². The number of anilines is 1. The fourth-order valence-electron chi connectivity index (χ4n) is 4.80. The van der Waals surface area contributed by atoms with Crippen LogP contribution in [-0.4, -0.2) is 40.9 Å². The third-order valence-electron chi connectivity index (χ3n) is 6.33. The van der Waals surface area contributed by atoms with Gasteiger partial charge in [0.2, 0.25) is 5.95 Å². The summed E-state index contributed by atoms with van der Waals surface area (Å²) in [6.07, 6.45) is 2.68. The zero-order chi connectivity index (χ0) is 21.7. The number of methoxy groups -OCH3 is 1. The van der Waals surface area contributed by atoms with Gasteiger partial charge in [0.15, 0.2) is 17.3 Å². The van der Waals surface area contributed by atoms with Crippen LogP contribution in [0.15, 0.2) is 60.1 Å². The zero-order valence-electron chi connectivity index (χ0n) is 17.6. The molecule has 6 rings (SSSR count). The minimum atomic E-state index is -0.358. The third kappa shape index (κ3) is 3.02. The van der Waals surface area contributed by atoms with Crippen LogP contribution in [0.2, 0.25) is 0 Å². The van der Waals surface area contributed by atoms with Crippen LogP contribution in [0.1, 0.15) is 35.9 Å². The van der Waals surface area contributed by atoms with E-state index in [4.69, 9.17) is 14.2 Å². The Hall–Kier alpha value is -3.81. The van der Waals surface area contributed by atoms with E-state index in [-0.39, 0.29) is 17.7 Å². The number of hydrogen-bond acceptors (Lipinski definition) is 7. The molecule has 162 valence electrons. The largest absolute Gasteiger partial charge is 0.497 e. The van der Waals surface area contributed by atoms with Crippen molar-refractivity contribution in [2.75, 3.05) is 25.6 Å². The first-order valence-corrected chi connectivity index (χ1v) is 10.7. The standard InChI is InChI=1S/C24H22N4O4/c1-30-17-5-2-14(3-6-17)16-10-18-22(19(29)11-16)23(28-24(27-18)25-13-26-28)15-4-7-20-21(12-15)32-9-8-31-20/h2-7,12-13,16,23H,8-11H2,1H3,(H,25,26,27). The van der Waals surface area contributed by atoms with Crippen molar-refractivity contribution in [3.63, 3.8) is 0 Å². The number of rotatable bonds is 3. The van der Waals surface area contributed by atoms with Gasteiger partial charge in [-0.1, -0.05) is 18.2 Å². The third-order valence-corrected chi connectivity index (χ3v) is 6.33. The molecule has 0 amide bonds. The van der Waals surface area contributed by atoms with Crippen LogP contribution in [0.4, 0.5) is 5.95 Å². The van der Waals surface area contributed by atoms with Gasteiger partial charge in [0, 0.05) is 17.7 Å². The van der Waals surface area contributed by atoms with E-state index < -0.39 is 0 Å². The van der Waals surface area contributed by atoms with E-state index in [9.17, 15) is 4.79 Å². The Morgan fingerprint density at radius 3 is 2.62 bits per heavy atom. The van der Waals surface area contributed by atoms with Crippen LogP contribution in [0.25, 0.3) is 0 Å². The molecule has 32 heavy (non-hydrogen) atoms. The molecule has 0 bridgehead atoms. The van der Waals surface area contributed by atoms with Gasteiger partial charge in [-0.25, -0.2) is 4.68 Å². The van der Waals surface area contributed by atoms with Crippen molar-refractivity contribution < 1.29 is 19.0 Å². The van der Waals surface area contributed by atoms with E-state index in [1.165, 1.54) is 6.33 Å². The summed E-state index contributed by atoms with van der Waals surface area (Å²) in [6, 6.07) is 13.4. The second-order valence-electron chi connectivity index (χ2n) is 8.15. The number of nitrogens with one attached hydrogen (secondary N) is 1. The lowest BCUT2D eigenvalue weighted by Crippen LogP contribution is -2.33. The molecule has 0 saturated carbocycles. The number of carbonyl (C=O) groups excluding carboxylic acids is 1. The van der Waals surface area contributed by atoms with Gasteiger partial charge in [0.1, 0.15) is 31.3 Å². The predicted molar refractivity (Wildman–Crippen MR) is 116 cm³/mol. The highest BCUT2D eigenvalue weighted by Gasteiger charge is 2.39. The smallest absolute Gasteiger partial charge is 0.226 e. The van der Waals surface area contributed by atoms with Gasteiger partial charge in [-0.15, -0.1) is 0 Å². The Morgan fingerprint density at radius 1 is 1.03 bits per heavy atom.